The summed E-state index contributed by atoms with van der Waals surface area (Å²) < 4.78 is 23.7. The summed E-state index contributed by atoms with van der Waals surface area (Å²) in [6.45, 7) is 15.4. The van der Waals surface area contributed by atoms with Crippen molar-refractivity contribution in [3.8, 4) is 23.0 Å². The Morgan fingerprint density at radius 3 is 2.21 bits per heavy atom. The number of benzene rings is 2. The summed E-state index contributed by atoms with van der Waals surface area (Å²) in [7, 11) is 1.44. The zero-order valence-electron chi connectivity index (χ0n) is 42.4. The van der Waals surface area contributed by atoms with Crippen LogP contribution in [0.1, 0.15) is 106 Å². The third kappa shape index (κ3) is 11.7. The highest BCUT2D eigenvalue weighted by molar-refractivity contribution is 6.23. The number of carbonyl (C=O) groups excluding carboxylic acids is 4. The van der Waals surface area contributed by atoms with Crippen molar-refractivity contribution in [1.82, 2.24) is 19.9 Å². The number of amides is 2. The van der Waals surface area contributed by atoms with E-state index in [1.807, 2.05) is 5.01 Å². The van der Waals surface area contributed by atoms with Crippen molar-refractivity contribution in [3.63, 3.8) is 0 Å². The molecule has 2 aromatic carbocycles. The number of aliphatic hydroxyl groups excluding tert-OH is 2. The predicted octanol–water partition coefficient (Wildman–Crippen LogP) is 5.22. The number of esters is 1. The molecule has 1 saturated heterocycles. The lowest BCUT2D eigenvalue weighted by Crippen LogP contribution is -2.47. The molecule has 5 heterocycles. The SMILES string of the molecule is CO[C@H]1/C=C/O[C@@]2(C)Oc3c(C)c(O)c4c(O)c(c(/C=N\N5CCN(C6CCCC6)CC5)c(O)c4c3C2=O)NC(=O)/C(C)=C\C=C\[C@H](C)[C@H](O)[C@@H](C)[C@@H](O)[C@@H](C)[C@H](OC(C)=O)[C@@H]1C.NC(=O)c1cnccn1. The largest absolute Gasteiger partial charge is 0.507 e. The molecule has 5 bridgehead atoms. The van der Waals surface area contributed by atoms with Crippen LogP contribution in [-0.4, -0.2) is 145 Å². The number of rotatable bonds is 6. The number of Topliss-reactive ketones (excluding diaryl/α,β-unsaturated/α-hetero) is 1. The topological polar surface area (TPSA) is 289 Å². The first-order valence-corrected chi connectivity index (χ1v) is 24.3. The van der Waals surface area contributed by atoms with Crippen LogP contribution in [0.5, 0.6) is 23.0 Å². The van der Waals surface area contributed by atoms with Crippen LogP contribution in [0.2, 0.25) is 0 Å². The van der Waals surface area contributed by atoms with Gasteiger partial charge in [0.05, 0.1) is 59.2 Å². The van der Waals surface area contributed by atoms with Gasteiger partial charge in [-0.25, -0.2) is 4.98 Å². The maximum atomic E-state index is 14.5. The third-order valence-electron chi connectivity index (χ3n) is 14.3. The number of nitrogens with zero attached hydrogens (tertiary/aromatic N) is 5. The van der Waals surface area contributed by atoms with E-state index in [4.69, 9.17) is 24.7 Å². The maximum absolute atomic E-state index is 14.5. The van der Waals surface area contributed by atoms with E-state index in [2.05, 4.69) is 25.3 Å². The second-order valence-corrected chi connectivity index (χ2v) is 19.2. The Bertz CT molecular complexity index is 2610. The summed E-state index contributed by atoms with van der Waals surface area (Å²) in [6.07, 6.45) is 14.0. The fourth-order valence-electron chi connectivity index (χ4n) is 9.90. The number of phenolic OH excluding ortho intramolecular Hbond substituents is 3. The van der Waals surface area contributed by atoms with E-state index in [1.165, 1.54) is 104 Å². The molecule has 2 amide bonds. The number of hydrogen-bond acceptors (Lipinski definition) is 18. The molecule has 0 unspecified atom stereocenters. The second kappa shape index (κ2) is 23.3. The fourth-order valence-corrected chi connectivity index (χ4v) is 9.90. The van der Waals surface area contributed by atoms with Gasteiger partial charge in [0.1, 0.15) is 29.0 Å². The van der Waals surface area contributed by atoms with Crippen LogP contribution in [0.15, 0.2) is 59.8 Å². The van der Waals surface area contributed by atoms with Gasteiger partial charge in [-0.05, 0) is 32.8 Å². The lowest BCUT2D eigenvalue weighted by molar-refractivity contribution is -0.160. The molecule has 1 aromatic heterocycles. The number of ketones is 1. The molecule has 0 radical (unpaired) electrons. The number of hydrogen-bond donors (Lipinski definition) is 7. The standard InChI is InChI=1S/C47H64N4O12.C5H5N3O/c1-24-13-12-14-25(2)46(59)49-37-32(23-48-51-20-18-50(19-21-51)31-15-10-11-16-31)41(56)34-35(42(37)57)40(55)29(6)44-36(34)45(58)47(8,63-44)61-22-17-33(60-9)26(3)43(62-30(7)52)28(5)39(54)27(4)38(24)53;6-5(9)4-3-7-1-2-8-4/h12-14,17,22-24,26-28,31,33,38-39,43,53-57H,10-11,15-16,18-21H2,1-9H3,(H,49,59);1-3H,(H2,6,9)/b13-12+,22-17+,25-14-,48-23-;/t24-,26+,27+,28+,33-,38-,39+,43+,47-;/m0./s1. The number of aromatic nitrogens is 2. The van der Waals surface area contributed by atoms with Gasteiger partial charge in [-0.3, -0.25) is 34.1 Å². The van der Waals surface area contributed by atoms with Gasteiger partial charge in [0.15, 0.2) is 5.75 Å². The lowest BCUT2D eigenvalue weighted by atomic mass is 9.78. The van der Waals surface area contributed by atoms with Gasteiger partial charge < -0.3 is 55.5 Å². The summed E-state index contributed by atoms with van der Waals surface area (Å²) in [5.41, 5.74) is 4.77. The van der Waals surface area contributed by atoms with Crippen LogP contribution in [0, 0.1) is 30.6 Å². The van der Waals surface area contributed by atoms with Crippen molar-refractivity contribution in [1.29, 1.82) is 0 Å². The van der Waals surface area contributed by atoms with Gasteiger partial charge in [-0.15, -0.1) is 0 Å². The Hall–Kier alpha value is -6.61. The number of anilines is 1. The highest BCUT2D eigenvalue weighted by Gasteiger charge is 2.50. The number of allylic oxidation sites excluding steroid dienone is 2. The van der Waals surface area contributed by atoms with Gasteiger partial charge in [0, 0.05) is 106 Å². The number of primary amides is 1. The monoisotopic (exact) mass is 999 g/mol. The van der Waals surface area contributed by atoms with Crippen LogP contribution >= 0.6 is 0 Å². The van der Waals surface area contributed by atoms with Gasteiger partial charge in [0.25, 0.3) is 17.6 Å². The van der Waals surface area contributed by atoms with Gasteiger partial charge in [-0.2, -0.15) is 5.10 Å². The van der Waals surface area contributed by atoms with Crippen LogP contribution in [0.25, 0.3) is 10.8 Å². The molecule has 20 heteroatoms. The van der Waals surface area contributed by atoms with Gasteiger partial charge >= 0.3 is 11.8 Å². The van der Waals surface area contributed by atoms with E-state index in [9.17, 15) is 44.7 Å². The molecule has 72 heavy (non-hydrogen) atoms. The predicted molar refractivity (Wildman–Crippen MR) is 267 cm³/mol. The number of hydrazone groups is 1. The van der Waals surface area contributed by atoms with Crippen molar-refractivity contribution >= 4 is 46.2 Å². The average Bonchev–Trinajstić information content (AvgIpc) is 4.00. The first-order chi connectivity index (χ1) is 34.1. The Kier molecular flexibility index (Phi) is 17.7. The first-order valence-electron chi connectivity index (χ1n) is 24.3. The lowest BCUT2D eigenvalue weighted by Gasteiger charge is -2.38. The molecule has 3 aromatic rings. The second-order valence-electron chi connectivity index (χ2n) is 19.2. The molecule has 9 atom stereocenters. The van der Waals surface area contributed by atoms with Crippen LogP contribution in [-0.2, 0) is 23.8 Å². The van der Waals surface area contributed by atoms with Crippen molar-refractivity contribution < 1.29 is 63.7 Å². The number of nitrogens with two attached hydrogens (primary N) is 1. The van der Waals surface area contributed by atoms with Crippen molar-refractivity contribution in [2.24, 2.45) is 34.5 Å². The van der Waals surface area contributed by atoms with Crippen molar-refractivity contribution in [3.05, 3.63) is 77.1 Å². The van der Waals surface area contributed by atoms with Crippen molar-refractivity contribution in [2.75, 3.05) is 38.6 Å². The van der Waals surface area contributed by atoms with E-state index in [-0.39, 0.29) is 50.2 Å². The van der Waals surface area contributed by atoms with E-state index >= 15 is 0 Å². The minimum Gasteiger partial charge on any atom is -0.507 e. The number of phenols is 3. The van der Waals surface area contributed by atoms with Crippen LogP contribution in [0.4, 0.5) is 5.69 Å². The number of nitrogens with one attached hydrogen (secondary N) is 1. The minimum absolute atomic E-state index is 0.0631. The zero-order chi connectivity index (χ0) is 52.8. The number of carbonyl (C=O) groups is 4. The molecule has 5 aliphatic rings. The molecular formula is C52H69N7O13. The average molecular weight is 1000 g/mol. The molecule has 2 fully saturated rings. The molecule has 4 aliphatic heterocycles. The Morgan fingerprint density at radius 1 is 0.931 bits per heavy atom. The molecule has 1 aliphatic carbocycles. The highest BCUT2D eigenvalue weighted by Crippen LogP contribution is 2.55. The molecule has 1 saturated carbocycles. The molecule has 0 spiro atoms. The maximum Gasteiger partial charge on any atom is 0.312 e. The van der Waals surface area contributed by atoms with Crippen LogP contribution in [0.3, 0.4) is 0 Å². The number of aromatic hydroxyl groups is 3. The number of ether oxygens (including phenoxy) is 4. The molecule has 8 rings (SSSR count). The number of aliphatic hydroxyl groups is 2. The third-order valence-corrected chi connectivity index (χ3v) is 14.3. The Labute approximate surface area is 419 Å². The van der Waals surface area contributed by atoms with E-state index in [0.29, 0.717) is 19.1 Å². The Balaban J connectivity index is 0.000000847. The molecule has 390 valence electrons. The molecular weight excluding hydrogens is 931 g/mol. The molecule has 8 N–H and O–H groups in total. The highest BCUT2D eigenvalue weighted by atomic mass is 16.7. The zero-order valence-corrected chi connectivity index (χ0v) is 42.4. The summed E-state index contributed by atoms with van der Waals surface area (Å²) in [5, 5.41) is 67.6. The fraction of sp³-hybridized carbons (Fsp3) is 0.519. The Morgan fingerprint density at radius 2 is 1.61 bits per heavy atom. The first kappa shape index (κ1) is 54.7. The van der Waals surface area contributed by atoms with E-state index in [1.54, 1.807) is 39.8 Å². The summed E-state index contributed by atoms with van der Waals surface area (Å²) >= 11 is 0. The summed E-state index contributed by atoms with van der Waals surface area (Å²) in [5.74, 6) is -8.83. The van der Waals surface area contributed by atoms with Gasteiger partial charge in [0.2, 0.25) is 0 Å². The number of piperazine rings is 1. The summed E-state index contributed by atoms with van der Waals surface area (Å²) in [6, 6.07) is 0.553. The molecule has 20 nitrogen and oxygen atoms in total. The summed E-state index contributed by atoms with van der Waals surface area (Å²) in [4.78, 5) is 60.8. The number of fused-ring (bicyclic) bond motifs is 14. The van der Waals surface area contributed by atoms with Crippen molar-refractivity contribution in [2.45, 2.75) is 117 Å². The quantitative estimate of drug-likeness (QED) is 0.0721. The smallest absolute Gasteiger partial charge is 0.312 e. The van der Waals surface area contributed by atoms with Gasteiger partial charge in [-0.1, -0.05) is 58.8 Å². The normalized spacial score (nSPS) is 29.4. The number of methoxy groups -OCH3 is 1. The van der Waals surface area contributed by atoms with Crippen LogP contribution < -0.4 is 15.8 Å². The van der Waals surface area contributed by atoms with E-state index < -0.39 is 94.7 Å². The van der Waals surface area contributed by atoms with E-state index in [0.717, 1.165) is 13.1 Å². The minimum atomic E-state index is -2.04.